The van der Waals surface area contributed by atoms with Crippen LogP contribution in [0.2, 0.25) is 0 Å². The number of piperidine rings is 1. The molecule has 0 spiro atoms. The Morgan fingerprint density at radius 3 is 2.76 bits per heavy atom. The molecular weight excluding hydrogens is 411 g/mol. The number of rotatable bonds is 6. The molecule has 1 saturated heterocycles. The highest BCUT2D eigenvalue weighted by Gasteiger charge is 2.22. The van der Waals surface area contributed by atoms with Crippen molar-refractivity contribution in [2.45, 2.75) is 38.8 Å². The summed E-state index contributed by atoms with van der Waals surface area (Å²) in [6, 6.07) is 10.8. The van der Waals surface area contributed by atoms with Gasteiger partial charge < -0.3 is 15.2 Å². The van der Waals surface area contributed by atoms with Gasteiger partial charge in [-0.05, 0) is 56.8 Å². The molecule has 0 aliphatic carbocycles. The van der Waals surface area contributed by atoms with Gasteiger partial charge in [0, 0.05) is 24.8 Å². The molecule has 1 fully saturated rings. The number of nitrogens with zero attached hydrogens (tertiary/aromatic N) is 4. The van der Waals surface area contributed by atoms with Crippen LogP contribution in [0.4, 0.5) is 0 Å². The third-order valence-corrected chi connectivity index (χ3v) is 5.34. The van der Waals surface area contributed by atoms with Crippen LogP contribution in [0.1, 0.15) is 41.5 Å². The van der Waals surface area contributed by atoms with E-state index >= 15 is 0 Å². The lowest BCUT2D eigenvalue weighted by atomic mass is 10.1. The summed E-state index contributed by atoms with van der Waals surface area (Å²) in [5, 5.41) is 15.9. The fourth-order valence-electron chi connectivity index (χ4n) is 3.82. The molecule has 0 atom stereocenters. The Balaban J connectivity index is 0.00000150. The topological polar surface area (TPSA) is 76.8 Å². The highest BCUT2D eigenvalue weighted by atomic mass is 35.5. The maximum absolute atomic E-state index is 12.5. The highest BCUT2D eigenvalue weighted by molar-refractivity contribution is 5.93. The molecule has 2 N–H and O–H groups in total. The number of amides is 1. The van der Waals surface area contributed by atoms with E-state index in [0.717, 1.165) is 44.6 Å². The van der Waals surface area contributed by atoms with Gasteiger partial charge in [-0.2, -0.15) is 0 Å². The molecular formula is C20H28Cl2N6O. The van der Waals surface area contributed by atoms with Gasteiger partial charge in [0.05, 0.1) is 11.7 Å². The van der Waals surface area contributed by atoms with Crippen LogP contribution in [0, 0.1) is 6.92 Å². The first-order valence-electron chi connectivity index (χ1n) is 9.68. The lowest BCUT2D eigenvalue weighted by Gasteiger charge is -2.23. The van der Waals surface area contributed by atoms with Gasteiger partial charge in [0.2, 0.25) is 0 Å². The smallest absolute Gasteiger partial charge is 0.273 e. The van der Waals surface area contributed by atoms with Gasteiger partial charge in [0.15, 0.2) is 5.69 Å². The predicted molar refractivity (Wildman–Crippen MR) is 119 cm³/mol. The van der Waals surface area contributed by atoms with E-state index in [2.05, 4.69) is 56.0 Å². The normalized spacial score (nSPS) is 14.2. The second kappa shape index (κ2) is 10.6. The Labute approximate surface area is 183 Å². The number of hydrogen-bond acceptors (Lipinski definition) is 4. The number of aryl methyl sites for hydroxylation is 1. The summed E-state index contributed by atoms with van der Waals surface area (Å²) in [5.41, 5.74) is 2.53. The lowest BCUT2D eigenvalue weighted by molar-refractivity contribution is 0.0947. The van der Waals surface area contributed by atoms with E-state index in [1.165, 1.54) is 10.9 Å². The quantitative estimate of drug-likeness (QED) is 0.579. The molecule has 1 aromatic carbocycles. The van der Waals surface area contributed by atoms with Crippen LogP contribution in [0.3, 0.4) is 0 Å². The molecule has 1 amide bonds. The number of nitrogens with one attached hydrogen (secondary N) is 2. The van der Waals surface area contributed by atoms with Crippen LogP contribution in [-0.2, 0) is 6.54 Å². The molecule has 2 aromatic heterocycles. The summed E-state index contributed by atoms with van der Waals surface area (Å²) in [6.45, 7) is 5.39. The van der Waals surface area contributed by atoms with Gasteiger partial charge in [-0.15, -0.1) is 29.9 Å². The molecule has 4 rings (SSSR count). The van der Waals surface area contributed by atoms with Crippen molar-refractivity contribution in [2.75, 3.05) is 19.6 Å². The average Bonchev–Trinajstić information content (AvgIpc) is 3.29. The van der Waals surface area contributed by atoms with Crippen LogP contribution < -0.4 is 10.6 Å². The van der Waals surface area contributed by atoms with Gasteiger partial charge >= 0.3 is 0 Å². The summed E-state index contributed by atoms with van der Waals surface area (Å²) in [5.74, 6) is -0.134. The molecule has 0 saturated carbocycles. The zero-order valence-corrected chi connectivity index (χ0v) is 18.1. The Bertz CT molecular complexity index is 932. The zero-order valence-electron chi connectivity index (χ0n) is 16.5. The van der Waals surface area contributed by atoms with Gasteiger partial charge in [0.1, 0.15) is 0 Å². The van der Waals surface area contributed by atoms with Crippen LogP contribution in [0.5, 0.6) is 0 Å². The van der Waals surface area contributed by atoms with Crippen LogP contribution in [0.15, 0.2) is 36.5 Å². The first-order chi connectivity index (χ1) is 13.2. The van der Waals surface area contributed by atoms with Gasteiger partial charge in [-0.3, -0.25) is 4.79 Å². The van der Waals surface area contributed by atoms with Crippen molar-refractivity contribution in [3.05, 3.63) is 47.9 Å². The number of halogens is 2. The summed E-state index contributed by atoms with van der Waals surface area (Å²) >= 11 is 0. The summed E-state index contributed by atoms with van der Waals surface area (Å²) in [7, 11) is 0. The van der Waals surface area contributed by atoms with E-state index in [4.69, 9.17) is 0 Å². The SMILES string of the molecule is Cc1c(C(=O)NCCCn2ccc3ccccc32)nnn1C1CCNCC1.Cl.Cl. The van der Waals surface area contributed by atoms with Crippen LogP contribution >= 0.6 is 24.8 Å². The Morgan fingerprint density at radius 2 is 1.97 bits per heavy atom. The zero-order chi connectivity index (χ0) is 18.6. The number of carbonyl (C=O) groups is 1. The molecule has 7 nitrogen and oxygen atoms in total. The maximum Gasteiger partial charge on any atom is 0.273 e. The van der Waals surface area contributed by atoms with Gasteiger partial charge in [-0.25, -0.2) is 4.68 Å². The van der Waals surface area contributed by atoms with Crippen molar-refractivity contribution in [1.29, 1.82) is 0 Å². The Kier molecular flexibility index (Phi) is 8.49. The average molecular weight is 439 g/mol. The number of para-hydroxylation sites is 1. The van der Waals surface area contributed by atoms with E-state index in [0.29, 0.717) is 18.3 Å². The van der Waals surface area contributed by atoms with E-state index in [1.807, 2.05) is 17.7 Å². The molecule has 29 heavy (non-hydrogen) atoms. The van der Waals surface area contributed by atoms with E-state index in [9.17, 15) is 4.79 Å². The number of benzene rings is 1. The fourth-order valence-corrected chi connectivity index (χ4v) is 3.82. The molecule has 1 aliphatic heterocycles. The maximum atomic E-state index is 12.5. The number of fused-ring (bicyclic) bond motifs is 1. The molecule has 3 aromatic rings. The summed E-state index contributed by atoms with van der Waals surface area (Å²) in [4.78, 5) is 12.5. The molecule has 158 valence electrons. The lowest BCUT2D eigenvalue weighted by Crippen LogP contribution is -2.30. The minimum Gasteiger partial charge on any atom is -0.351 e. The minimum absolute atomic E-state index is 0. The van der Waals surface area contributed by atoms with E-state index in [1.54, 1.807) is 0 Å². The van der Waals surface area contributed by atoms with Gasteiger partial charge in [-0.1, -0.05) is 23.4 Å². The number of hydrogen-bond donors (Lipinski definition) is 2. The second-order valence-electron chi connectivity index (χ2n) is 7.13. The first-order valence-corrected chi connectivity index (χ1v) is 9.68. The largest absolute Gasteiger partial charge is 0.351 e. The van der Waals surface area contributed by atoms with Crippen LogP contribution in [-0.4, -0.2) is 45.1 Å². The Morgan fingerprint density at radius 1 is 1.21 bits per heavy atom. The fraction of sp³-hybridized carbons (Fsp3) is 0.450. The molecule has 0 unspecified atom stereocenters. The van der Waals surface area contributed by atoms with E-state index < -0.39 is 0 Å². The summed E-state index contributed by atoms with van der Waals surface area (Å²) in [6.07, 6.45) is 5.01. The molecule has 3 heterocycles. The number of aromatic nitrogens is 4. The van der Waals surface area contributed by atoms with E-state index in [-0.39, 0.29) is 30.7 Å². The first kappa shape index (κ1) is 23.2. The minimum atomic E-state index is -0.134. The third-order valence-electron chi connectivity index (χ3n) is 5.34. The summed E-state index contributed by atoms with van der Waals surface area (Å²) < 4.78 is 4.14. The monoisotopic (exact) mass is 438 g/mol. The Hall–Kier alpha value is -2.09. The van der Waals surface area contributed by atoms with Crippen molar-refractivity contribution in [3.63, 3.8) is 0 Å². The van der Waals surface area contributed by atoms with Crippen molar-refractivity contribution in [2.24, 2.45) is 0 Å². The van der Waals surface area contributed by atoms with Crippen molar-refractivity contribution >= 4 is 41.6 Å². The molecule has 9 heteroatoms. The highest BCUT2D eigenvalue weighted by Crippen LogP contribution is 2.20. The second-order valence-corrected chi connectivity index (χ2v) is 7.13. The van der Waals surface area contributed by atoms with Crippen molar-refractivity contribution in [1.82, 2.24) is 30.2 Å². The molecule has 0 bridgehead atoms. The van der Waals surface area contributed by atoms with Crippen molar-refractivity contribution < 1.29 is 4.79 Å². The third kappa shape index (κ3) is 5.10. The molecule has 1 aliphatic rings. The van der Waals surface area contributed by atoms with Gasteiger partial charge in [0.25, 0.3) is 5.91 Å². The van der Waals surface area contributed by atoms with Crippen molar-refractivity contribution in [3.8, 4) is 0 Å². The predicted octanol–water partition coefficient (Wildman–Crippen LogP) is 3.13. The number of carbonyl (C=O) groups excluding carboxylic acids is 1. The standard InChI is InChI=1S/C20H26N6O.2ClH/c1-15-19(23-24-26(15)17-7-11-21-12-8-17)20(27)22-10-4-13-25-14-9-16-5-2-3-6-18(16)25;;/h2-3,5-6,9,14,17,21H,4,7-8,10-13H2,1H3,(H,22,27);2*1H. The van der Waals surface area contributed by atoms with Crippen LogP contribution in [0.25, 0.3) is 10.9 Å². The molecule has 0 radical (unpaired) electrons.